The minimum Gasteiger partial charge on any atom is -0.495 e. The maximum absolute atomic E-state index is 14.0. The van der Waals surface area contributed by atoms with Gasteiger partial charge in [-0.25, -0.2) is 12.8 Å². The van der Waals surface area contributed by atoms with Crippen molar-refractivity contribution in [1.82, 2.24) is 0 Å². The summed E-state index contributed by atoms with van der Waals surface area (Å²) in [6, 6.07) is 2.44. The number of nitrogens with zero attached hydrogens (tertiary/aromatic N) is 1. The highest BCUT2D eigenvalue weighted by atomic mass is 32.2. The molecular weight excluding hydrogens is 271 g/mol. The van der Waals surface area contributed by atoms with Crippen LogP contribution in [0.4, 0.5) is 15.8 Å². The van der Waals surface area contributed by atoms with E-state index >= 15 is 0 Å². The van der Waals surface area contributed by atoms with E-state index in [0.717, 1.165) is 0 Å². The molecule has 1 saturated heterocycles. The number of nitrogen functional groups attached to an aromatic ring is 1. The summed E-state index contributed by atoms with van der Waals surface area (Å²) >= 11 is 0. The second-order valence-corrected chi connectivity index (χ2v) is 6.93. The number of anilines is 2. The fraction of sp³-hybridized carbons (Fsp3) is 0.500. The molecule has 19 heavy (non-hydrogen) atoms. The van der Waals surface area contributed by atoms with Crippen molar-refractivity contribution in [2.75, 3.05) is 35.8 Å². The molecule has 1 unspecified atom stereocenters. The van der Waals surface area contributed by atoms with Crippen LogP contribution >= 0.6 is 0 Å². The molecular formula is C12H17FN2O3S. The molecule has 106 valence electrons. The highest BCUT2D eigenvalue weighted by Crippen LogP contribution is 2.32. The molecule has 5 nitrogen and oxygen atoms in total. The van der Waals surface area contributed by atoms with Gasteiger partial charge in [-0.05, 0) is 6.92 Å². The van der Waals surface area contributed by atoms with Gasteiger partial charge in [-0.1, -0.05) is 0 Å². The Balaban J connectivity index is 2.37. The monoisotopic (exact) mass is 288 g/mol. The molecule has 1 heterocycles. The Hall–Kier alpha value is -1.50. The maximum Gasteiger partial charge on any atom is 0.154 e. The summed E-state index contributed by atoms with van der Waals surface area (Å²) in [6.45, 7) is 2.03. The van der Waals surface area contributed by atoms with Crippen LogP contribution in [0.3, 0.4) is 0 Å². The second kappa shape index (κ2) is 4.88. The Morgan fingerprint density at radius 2 is 2.16 bits per heavy atom. The fourth-order valence-corrected chi connectivity index (χ4v) is 3.87. The Morgan fingerprint density at radius 1 is 1.47 bits per heavy atom. The minimum atomic E-state index is -3.03. The van der Waals surface area contributed by atoms with Crippen molar-refractivity contribution in [1.29, 1.82) is 0 Å². The lowest BCUT2D eigenvalue weighted by Crippen LogP contribution is -2.47. The largest absolute Gasteiger partial charge is 0.495 e. The van der Waals surface area contributed by atoms with Crippen molar-refractivity contribution in [3.05, 3.63) is 17.9 Å². The lowest BCUT2D eigenvalue weighted by molar-refractivity contribution is 0.415. The molecule has 1 atom stereocenters. The predicted molar refractivity (Wildman–Crippen MR) is 72.8 cm³/mol. The Labute approximate surface area is 112 Å². The molecule has 2 N–H and O–H groups in total. The van der Waals surface area contributed by atoms with E-state index in [2.05, 4.69) is 0 Å². The zero-order chi connectivity index (χ0) is 14.2. The van der Waals surface area contributed by atoms with Gasteiger partial charge in [0.15, 0.2) is 9.84 Å². The summed E-state index contributed by atoms with van der Waals surface area (Å²) in [6.07, 6.45) is 0. The lowest BCUT2D eigenvalue weighted by atomic mass is 10.2. The van der Waals surface area contributed by atoms with Crippen LogP contribution < -0.4 is 15.4 Å². The van der Waals surface area contributed by atoms with Gasteiger partial charge < -0.3 is 15.4 Å². The second-order valence-electron chi connectivity index (χ2n) is 4.70. The third-order valence-corrected chi connectivity index (χ3v) is 5.07. The molecule has 1 aliphatic rings. The smallest absolute Gasteiger partial charge is 0.154 e. The van der Waals surface area contributed by atoms with Gasteiger partial charge in [0.1, 0.15) is 11.6 Å². The summed E-state index contributed by atoms with van der Waals surface area (Å²) in [5.41, 5.74) is 6.18. The van der Waals surface area contributed by atoms with Crippen molar-refractivity contribution in [3.8, 4) is 5.75 Å². The van der Waals surface area contributed by atoms with Gasteiger partial charge in [0.25, 0.3) is 0 Å². The predicted octanol–water partition coefficient (Wildman–Crippen LogP) is 1.04. The first kappa shape index (κ1) is 13.9. The zero-order valence-electron chi connectivity index (χ0n) is 10.9. The molecule has 0 saturated carbocycles. The van der Waals surface area contributed by atoms with Crippen LogP contribution in [-0.4, -0.2) is 39.6 Å². The Morgan fingerprint density at radius 3 is 2.74 bits per heavy atom. The standard InChI is InChI=1S/C12H17FN2O3S/c1-8-7-19(16,17)4-3-15(8)11-6-12(18-2)10(14)5-9(11)13/h5-6,8H,3-4,7,14H2,1-2H3. The van der Waals surface area contributed by atoms with Gasteiger partial charge >= 0.3 is 0 Å². The molecule has 1 aromatic carbocycles. The average molecular weight is 288 g/mol. The number of halogens is 1. The Bertz CT molecular complexity index is 589. The maximum atomic E-state index is 14.0. The van der Waals surface area contributed by atoms with Crippen molar-refractivity contribution in [2.24, 2.45) is 0 Å². The zero-order valence-corrected chi connectivity index (χ0v) is 11.7. The molecule has 0 aliphatic carbocycles. The SMILES string of the molecule is COc1cc(N2CCS(=O)(=O)CC2C)c(F)cc1N. The highest BCUT2D eigenvalue weighted by Gasteiger charge is 2.30. The molecule has 0 radical (unpaired) electrons. The molecule has 2 rings (SSSR count). The first-order chi connectivity index (χ1) is 8.84. The topological polar surface area (TPSA) is 72.6 Å². The minimum absolute atomic E-state index is 0.0269. The van der Waals surface area contributed by atoms with E-state index < -0.39 is 15.7 Å². The van der Waals surface area contributed by atoms with Gasteiger partial charge in [0.2, 0.25) is 0 Å². The molecule has 1 aromatic rings. The third kappa shape index (κ3) is 2.75. The first-order valence-electron chi connectivity index (χ1n) is 5.94. The van der Waals surface area contributed by atoms with Crippen LogP contribution in [0.15, 0.2) is 12.1 Å². The number of benzene rings is 1. The molecule has 0 spiro atoms. The van der Waals surface area contributed by atoms with E-state index in [1.165, 1.54) is 19.2 Å². The molecule has 7 heteroatoms. The average Bonchev–Trinajstić information content (AvgIpc) is 2.29. The number of methoxy groups -OCH3 is 1. The van der Waals surface area contributed by atoms with Crippen LogP contribution in [0.1, 0.15) is 6.92 Å². The van der Waals surface area contributed by atoms with Crippen molar-refractivity contribution < 1.29 is 17.5 Å². The fourth-order valence-electron chi connectivity index (χ4n) is 2.31. The van der Waals surface area contributed by atoms with Crippen LogP contribution in [0.2, 0.25) is 0 Å². The molecule has 1 aliphatic heterocycles. The normalized spacial score (nSPS) is 22.3. The van der Waals surface area contributed by atoms with Gasteiger partial charge in [-0.2, -0.15) is 0 Å². The van der Waals surface area contributed by atoms with Crippen LogP contribution in [0.5, 0.6) is 5.75 Å². The number of sulfone groups is 1. The van der Waals surface area contributed by atoms with E-state index in [1.54, 1.807) is 11.8 Å². The summed E-state index contributed by atoms with van der Waals surface area (Å²) in [4.78, 5) is 1.73. The Kier molecular flexibility index (Phi) is 3.58. The highest BCUT2D eigenvalue weighted by molar-refractivity contribution is 7.91. The molecule has 0 bridgehead atoms. The third-order valence-electron chi connectivity index (χ3n) is 3.28. The first-order valence-corrected chi connectivity index (χ1v) is 7.76. The number of hydrogen-bond acceptors (Lipinski definition) is 5. The summed E-state index contributed by atoms with van der Waals surface area (Å²) in [5.74, 6) is -0.0238. The van der Waals surface area contributed by atoms with Crippen LogP contribution in [-0.2, 0) is 9.84 Å². The van der Waals surface area contributed by atoms with Crippen LogP contribution in [0, 0.1) is 5.82 Å². The van der Waals surface area contributed by atoms with E-state index in [9.17, 15) is 12.8 Å². The van der Waals surface area contributed by atoms with Crippen LogP contribution in [0.25, 0.3) is 0 Å². The van der Waals surface area contributed by atoms with Crippen molar-refractivity contribution in [3.63, 3.8) is 0 Å². The summed E-state index contributed by atoms with van der Waals surface area (Å²) in [7, 11) is -1.57. The molecule has 1 fully saturated rings. The van der Waals surface area contributed by atoms with Gasteiger partial charge in [0, 0.05) is 24.7 Å². The quantitative estimate of drug-likeness (QED) is 0.823. The lowest BCUT2D eigenvalue weighted by Gasteiger charge is -2.35. The van der Waals surface area contributed by atoms with E-state index in [4.69, 9.17) is 10.5 Å². The van der Waals surface area contributed by atoms with E-state index in [-0.39, 0.29) is 29.8 Å². The van der Waals surface area contributed by atoms with Gasteiger partial charge in [-0.15, -0.1) is 0 Å². The van der Waals surface area contributed by atoms with Gasteiger partial charge in [-0.3, -0.25) is 0 Å². The van der Waals surface area contributed by atoms with Crippen molar-refractivity contribution in [2.45, 2.75) is 13.0 Å². The number of ether oxygens (including phenoxy) is 1. The van der Waals surface area contributed by atoms with Crippen molar-refractivity contribution >= 4 is 21.2 Å². The van der Waals surface area contributed by atoms with Gasteiger partial charge in [0.05, 0.1) is 30.0 Å². The van der Waals surface area contributed by atoms with E-state index in [1.807, 2.05) is 0 Å². The number of hydrogen-bond donors (Lipinski definition) is 1. The number of rotatable bonds is 2. The summed E-state index contributed by atoms with van der Waals surface area (Å²) < 4.78 is 42.1. The summed E-state index contributed by atoms with van der Waals surface area (Å²) in [5, 5.41) is 0. The number of nitrogens with two attached hydrogens (primary N) is 1. The van der Waals surface area contributed by atoms with E-state index in [0.29, 0.717) is 11.4 Å². The molecule has 0 amide bonds. The molecule has 0 aromatic heterocycles.